The fourth-order valence-corrected chi connectivity index (χ4v) is 3.35. The fourth-order valence-electron chi connectivity index (χ4n) is 3.35. The minimum atomic E-state index is -0.893. The van der Waals surface area contributed by atoms with E-state index in [1.165, 1.54) is 0 Å². The number of rotatable bonds is 5. The first-order valence-corrected chi connectivity index (χ1v) is 9.58. The normalized spacial score (nSPS) is 10.9. The number of imidazole rings is 1. The number of carbonyl (C=O) groups excluding carboxylic acids is 1. The molecule has 0 aliphatic rings. The molecule has 0 saturated heterocycles. The molecule has 150 valence electrons. The highest BCUT2D eigenvalue weighted by molar-refractivity contribution is 6.07. The maximum atomic E-state index is 13.3. The van der Waals surface area contributed by atoms with Crippen LogP contribution in [0.1, 0.15) is 27.2 Å². The molecule has 0 saturated carbocycles. The molecule has 0 atom stereocenters. The number of aromatic nitrogens is 2. The molecule has 4 aromatic rings. The molecular formula is C24H21N3O3. The molecule has 0 fully saturated rings. The van der Waals surface area contributed by atoms with Crippen molar-refractivity contribution in [1.29, 1.82) is 0 Å². The Morgan fingerprint density at radius 3 is 2.27 bits per heavy atom. The van der Waals surface area contributed by atoms with Crippen LogP contribution in [0.2, 0.25) is 0 Å². The first-order chi connectivity index (χ1) is 14.4. The SMILES string of the molecule is Cc1ccc(-c2nc3ccc(C)cn3c2C(=O)Nc2ccc(CC(=O)O)cc2)cc1. The van der Waals surface area contributed by atoms with Crippen molar-refractivity contribution in [2.45, 2.75) is 20.3 Å². The number of hydrogen-bond donors (Lipinski definition) is 2. The lowest BCUT2D eigenvalue weighted by Gasteiger charge is -2.09. The Labute approximate surface area is 173 Å². The molecule has 0 aliphatic heterocycles. The number of fused-ring (bicyclic) bond motifs is 1. The number of pyridine rings is 1. The largest absolute Gasteiger partial charge is 0.481 e. The van der Waals surface area contributed by atoms with E-state index in [-0.39, 0.29) is 12.3 Å². The van der Waals surface area contributed by atoms with Gasteiger partial charge >= 0.3 is 5.97 Å². The van der Waals surface area contributed by atoms with Gasteiger partial charge in [0.1, 0.15) is 17.0 Å². The number of hydrogen-bond acceptors (Lipinski definition) is 3. The highest BCUT2D eigenvalue weighted by Crippen LogP contribution is 2.26. The van der Waals surface area contributed by atoms with Gasteiger partial charge in [0.15, 0.2) is 0 Å². The third-order valence-corrected chi connectivity index (χ3v) is 4.87. The van der Waals surface area contributed by atoms with E-state index in [9.17, 15) is 9.59 Å². The van der Waals surface area contributed by atoms with Crippen LogP contribution in [0.25, 0.3) is 16.9 Å². The summed E-state index contributed by atoms with van der Waals surface area (Å²) in [5.74, 6) is -1.18. The smallest absolute Gasteiger partial charge is 0.307 e. The van der Waals surface area contributed by atoms with E-state index in [4.69, 9.17) is 10.1 Å². The van der Waals surface area contributed by atoms with E-state index in [1.807, 2.05) is 56.4 Å². The zero-order valence-electron chi connectivity index (χ0n) is 16.7. The summed E-state index contributed by atoms with van der Waals surface area (Å²) in [5, 5.41) is 11.8. The van der Waals surface area contributed by atoms with Gasteiger partial charge in [0.2, 0.25) is 0 Å². The van der Waals surface area contributed by atoms with Crippen molar-refractivity contribution in [1.82, 2.24) is 9.38 Å². The monoisotopic (exact) mass is 399 g/mol. The number of carboxylic acid groups (broad SMARTS) is 1. The first-order valence-electron chi connectivity index (χ1n) is 9.58. The minimum Gasteiger partial charge on any atom is -0.481 e. The third-order valence-electron chi connectivity index (χ3n) is 4.87. The zero-order chi connectivity index (χ0) is 21.3. The van der Waals surface area contributed by atoms with E-state index in [0.717, 1.165) is 16.7 Å². The molecule has 2 N–H and O–H groups in total. The van der Waals surface area contributed by atoms with E-state index in [1.54, 1.807) is 28.7 Å². The molecule has 0 unspecified atom stereocenters. The summed E-state index contributed by atoms with van der Waals surface area (Å²) in [7, 11) is 0. The lowest BCUT2D eigenvalue weighted by molar-refractivity contribution is -0.136. The van der Waals surface area contributed by atoms with E-state index < -0.39 is 5.97 Å². The molecule has 0 radical (unpaired) electrons. The number of anilines is 1. The molecule has 0 aliphatic carbocycles. The molecule has 1 amide bonds. The topological polar surface area (TPSA) is 83.7 Å². The van der Waals surface area contributed by atoms with Gasteiger partial charge in [-0.1, -0.05) is 48.0 Å². The van der Waals surface area contributed by atoms with Crippen LogP contribution in [-0.4, -0.2) is 26.4 Å². The Bertz CT molecular complexity index is 1240. The van der Waals surface area contributed by atoms with Crippen molar-refractivity contribution < 1.29 is 14.7 Å². The number of carboxylic acids is 1. The molecule has 2 aromatic carbocycles. The summed E-state index contributed by atoms with van der Waals surface area (Å²) in [6.45, 7) is 3.98. The number of aryl methyl sites for hydroxylation is 2. The lowest BCUT2D eigenvalue weighted by atomic mass is 10.1. The van der Waals surface area contributed by atoms with E-state index in [0.29, 0.717) is 28.3 Å². The van der Waals surface area contributed by atoms with Crippen LogP contribution in [0.3, 0.4) is 0 Å². The molecule has 6 nitrogen and oxygen atoms in total. The van der Waals surface area contributed by atoms with Gasteiger partial charge in [0.25, 0.3) is 5.91 Å². The summed E-state index contributed by atoms with van der Waals surface area (Å²) < 4.78 is 1.80. The summed E-state index contributed by atoms with van der Waals surface area (Å²) in [6, 6.07) is 18.6. The number of carbonyl (C=O) groups is 2. The van der Waals surface area contributed by atoms with Crippen LogP contribution < -0.4 is 5.32 Å². The van der Waals surface area contributed by atoms with Gasteiger partial charge in [0.05, 0.1) is 6.42 Å². The minimum absolute atomic E-state index is 0.0572. The van der Waals surface area contributed by atoms with Gasteiger partial charge in [-0.3, -0.25) is 14.0 Å². The second-order valence-corrected chi connectivity index (χ2v) is 7.33. The van der Waals surface area contributed by atoms with Crippen LogP contribution in [0.4, 0.5) is 5.69 Å². The van der Waals surface area contributed by atoms with Gasteiger partial charge in [-0.15, -0.1) is 0 Å². The quantitative estimate of drug-likeness (QED) is 0.518. The van der Waals surface area contributed by atoms with Crippen molar-refractivity contribution >= 4 is 23.2 Å². The maximum Gasteiger partial charge on any atom is 0.307 e. The Kier molecular flexibility index (Phi) is 5.06. The number of amides is 1. The Balaban J connectivity index is 1.73. The van der Waals surface area contributed by atoms with Crippen molar-refractivity contribution in [2.24, 2.45) is 0 Å². The van der Waals surface area contributed by atoms with Gasteiger partial charge in [-0.2, -0.15) is 0 Å². The van der Waals surface area contributed by atoms with Gasteiger partial charge in [0, 0.05) is 17.4 Å². The maximum absolute atomic E-state index is 13.3. The lowest BCUT2D eigenvalue weighted by Crippen LogP contribution is -2.15. The van der Waals surface area contributed by atoms with Crippen molar-refractivity contribution in [3.05, 3.63) is 89.2 Å². The second-order valence-electron chi connectivity index (χ2n) is 7.33. The van der Waals surface area contributed by atoms with E-state index in [2.05, 4.69) is 5.32 Å². The molecule has 4 rings (SSSR count). The number of aliphatic carboxylic acids is 1. The van der Waals surface area contributed by atoms with Crippen molar-refractivity contribution in [2.75, 3.05) is 5.32 Å². The first kappa shape index (κ1) is 19.4. The predicted octanol–water partition coefficient (Wildman–Crippen LogP) is 4.50. The van der Waals surface area contributed by atoms with Gasteiger partial charge < -0.3 is 10.4 Å². The van der Waals surface area contributed by atoms with Gasteiger partial charge in [-0.25, -0.2) is 4.98 Å². The summed E-state index contributed by atoms with van der Waals surface area (Å²) >= 11 is 0. The summed E-state index contributed by atoms with van der Waals surface area (Å²) in [4.78, 5) is 28.8. The molecule has 6 heteroatoms. The fraction of sp³-hybridized carbons (Fsp3) is 0.125. The zero-order valence-corrected chi connectivity index (χ0v) is 16.7. The highest BCUT2D eigenvalue weighted by atomic mass is 16.4. The molecule has 30 heavy (non-hydrogen) atoms. The van der Waals surface area contributed by atoms with Gasteiger partial charge in [-0.05, 0) is 43.2 Å². The van der Waals surface area contributed by atoms with Crippen LogP contribution in [-0.2, 0) is 11.2 Å². The second kappa shape index (κ2) is 7.83. The molecule has 2 heterocycles. The highest BCUT2D eigenvalue weighted by Gasteiger charge is 2.21. The standard InChI is InChI=1S/C24H21N3O3/c1-15-3-8-18(9-4-15)22-23(27-14-16(2)5-12-20(27)26-22)24(30)25-19-10-6-17(7-11-19)13-21(28)29/h3-12,14H,13H2,1-2H3,(H,25,30)(H,28,29). The molecule has 0 bridgehead atoms. The predicted molar refractivity (Wildman–Crippen MR) is 116 cm³/mol. The van der Waals surface area contributed by atoms with Crippen LogP contribution in [0.15, 0.2) is 66.9 Å². The van der Waals surface area contributed by atoms with Crippen LogP contribution in [0.5, 0.6) is 0 Å². The summed E-state index contributed by atoms with van der Waals surface area (Å²) in [6.07, 6.45) is 1.84. The number of nitrogens with one attached hydrogen (secondary N) is 1. The average Bonchev–Trinajstić information content (AvgIpc) is 3.08. The average molecular weight is 399 g/mol. The number of nitrogens with zero attached hydrogens (tertiary/aromatic N) is 2. The van der Waals surface area contributed by atoms with Crippen LogP contribution in [0, 0.1) is 13.8 Å². The molecular weight excluding hydrogens is 378 g/mol. The van der Waals surface area contributed by atoms with Crippen molar-refractivity contribution in [3.8, 4) is 11.3 Å². The Morgan fingerprint density at radius 1 is 0.933 bits per heavy atom. The summed E-state index contributed by atoms with van der Waals surface area (Å²) in [5.41, 5.74) is 6.03. The molecule has 2 aromatic heterocycles. The van der Waals surface area contributed by atoms with Crippen LogP contribution >= 0.6 is 0 Å². The van der Waals surface area contributed by atoms with Crippen molar-refractivity contribution in [3.63, 3.8) is 0 Å². The Morgan fingerprint density at radius 2 is 1.60 bits per heavy atom. The number of benzene rings is 2. The van der Waals surface area contributed by atoms with E-state index >= 15 is 0 Å². The Hall–Kier alpha value is -3.93. The third kappa shape index (κ3) is 3.93. The molecule has 0 spiro atoms.